The fourth-order valence-electron chi connectivity index (χ4n) is 3.82. The van der Waals surface area contributed by atoms with E-state index in [2.05, 4.69) is 5.32 Å². The molecule has 1 saturated heterocycles. The topological polar surface area (TPSA) is 133 Å². The number of carboxylic acids is 1. The average molecular weight is 504 g/mol. The third kappa shape index (κ3) is 6.37. The van der Waals surface area contributed by atoms with Crippen molar-refractivity contribution in [3.05, 3.63) is 59.7 Å². The lowest BCUT2D eigenvalue weighted by atomic mass is 10.1. The molecule has 2 aromatic carbocycles. The highest BCUT2D eigenvalue weighted by atomic mass is 32.2. The number of nitrogens with one attached hydrogen (secondary N) is 1. The van der Waals surface area contributed by atoms with Crippen LogP contribution in [-0.2, 0) is 19.6 Å². The van der Waals surface area contributed by atoms with Crippen LogP contribution in [0.25, 0.3) is 0 Å². The Morgan fingerprint density at radius 1 is 1.06 bits per heavy atom. The largest absolute Gasteiger partial charge is 0.495 e. The maximum absolute atomic E-state index is 13.1. The van der Waals surface area contributed by atoms with Gasteiger partial charge in [-0.25, -0.2) is 13.2 Å². The smallest absolute Gasteiger partial charge is 0.326 e. The molecule has 1 fully saturated rings. The first-order valence-corrected chi connectivity index (χ1v) is 12.6. The molecule has 3 rings (SSSR count). The van der Waals surface area contributed by atoms with Gasteiger partial charge in [-0.3, -0.25) is 9.59 Å². The molecule has 0 unspecified atom stereocenters. The molecule has 2 aromatic rings. The third-order valence-electron chi connectivity index (χ3n) is 5.81. The van der Waals surface area contributed by atoms with Gasteiger partial charge in [0.2, 0.25) is 15.9 Å². The molecule has 10 nitrogen and oxygen atoms in total. The van der Waals surface area contributed by atoms with E-state index < -0.39 is 27.9 Å². The molecule has 0 radical (unpaired) electrons. The molecule has 0 bridgehead atoms. The van der Waals surface area contributed by atoms with Gasteiger partial charge in [-0.05, 0) is 43.2 Å². The summed E-state index contributed by atoms with van der Waals surface area (Å²) in [7, 11) is -2.40. The predicted molar refractivity (Wildman–Crippen MR) is 128 cm³/mol. The van der Waals surface area contributed by atoms with Crippen LogP contribution in [0.15, 0.2) is 53.4 Å². The van der Waals surface area contributed by atoms with Gasteiger partial charge in [0, 0.05) is 38.2 Å². The zero-order valence-corrected chi connectivity index (χ0v) is 20.5. The monoisotopic (exact) mass is 503 g/mol. The maximum Gasteiger partial charge on any atom is 0.326 e. The van der Waals surface area contributed by atoms with Crippen molar-refractivity contribution < 1.29 is 32.6 Å². The van der Waals surface area contributed by atoms with E-state index in [1.807, 2.05) is 0 Å². The van der Waals surface area contributed by atoms with E-state index >= 15 is 0 Å². The van der Waals surface area contributed by atoms with Crippen LogP contribution in [0.4, 0.5) is 0 Å². The highest BCUT2D eigenvalue weighted by Crippen LogP contribution is 2.28. The molecule has 188 valence electrons. The number of hydrogen-bond acceptors (Lipinski definition) is 6. The van der Waals surface area contributed by atoms with Crippen molar-refractivity contribution in [3.63, 3.8) is 0 Å². The van der Waals surface area contributed by atoms with Crippen LogP contribution in [-0.4, -0.2) is 79.8 Å². The number of carboxylic acid groups (broad SMARTS) is 1. The van der Waals surface area contributed by atoms with Gasteiger partial charge < -0.3 is 20.1 Å². The Kier molecular flexibility index (Phi) is 8.47. The molecule has 0 saturated carbocycles. The summed E-state index contributed by atoms with van der Waals surface area (Å²) in [6, 6.07) is 11.9. The number of piperazine rings is 1. The van der Waals surface area contributed by atoms with Crippen molar-refractivity contribution in [2.75, 3.05) is 33.3 Å². The second kappa shape index (κ2) is 11.3. The number of aryl methyl sites for hydroxylation is 1. The number of hydrogen-bond donors (Lipinski definition) is 2. The Balaban J connectivity index is 1.56. The van der Waals surface area contributed by atoms with E-state index in [9.17, 15) is 27.9 Å². The number of benzene rings is 2. The minimum absolute atomic E-state index is 0.0776. The lowest BCUT2D eigenvalue weighted by molar-refractivity contribution is -0.139. The van der Waals surface area contributed by atoms with Crippen LogP contribution >= 0.6 is 0 Å². The Morgan fingerprint density at radius 3 is 2.31 bits per heavy atom. The summed E-state index contributed by atoms with van der Waals surface area (Å²) in [6.07, 6.45) is -0.170. The van der Waals surface area contributed by atoms with Crippen LogP contribution in [0.5, 0.6) is 5.75 Å². The van der Waals surface area contributed by atoms with Gasteiger partial charge >= 0.3 is 5.97 Å². The fourth-order valence-corrected chi connectivity index (χ4v) is 5.48. The molecule has 35 heavy (non-hydrogen) atoms. The highest BCUT2D eigenvalue weighted by molar-refractivity contribution is 7.89. The van der Waals surface area contributed by atoms with Crippen LogP contribution < -0.4 is 10.1 Å². The molecule has 0 aromatic heterocycles. The molecule has 11 heteroatoms. The van der Waals surface area contributed by atoms with Crippen molar-refractivity contribution in [2.24, 2.45) is 0 Å². The number of nitrogens with zero attached hydrogens (tertiary/aromatic N) is 2. The van der Waals surface area contributed by atoms with E-state index in [1.165, 1.54) is 16.3 Å². The molecule has 0 aliphatic carbocycles. The number of carbonyl (C=O) groups excluding carboxylic acids is 2. The van der Waals surface area contributed by atoms with E-state index in [1.54, 1.807) is 55.5 Å². The van der Waals surface area contributed by atoms with Gasteiger partial charge in [-0.2, -0.15) is 4.31 Å². The first kappa shape index (κ1) is 26.2. The minimum Gasteiger partial charge on any atom is -0.495 e. The first-order valence-electron chi connectivity index (χ1n) is 11.1. The van der Waals surface area contributed by atoms with Crippen LogP contribution in [0, 0.1) is 6.92 Å². The summed E-state index contributed by atoms with van der Waals surface area (Å²) in [5.41, 5.74) is 1.11. The number of ether oxygens (including phenoxy) is 1. The predicted octanol–water partition coefficient (Wildman–Crippen LogP) is 1.50. The van der Waals surface area contributed by atoms with Crippen molar-refractivity contribution in [2.45, 2.75) is 30.7 Å². The lowest BCUT2D eigenvalue weighted by Gasteiger charge is -2.34. The second-order valence-electron chi connectivity index (χ2n) is 8.21. The van der Waals surface area contributed by atoms with Gasteiger partial charge in [0.1, 0.15) is 16.7 Å². The Hall–Kier alpha value is -3.44. The van der Waals surface area contributed by atoms with Crippen LogP contribution in [0.1, 0.15) is 28.8 Å². The van der Waals surface area contributed by atoms with E-state index in [-0.39, 0.29) is 55.6 Å². The highest BCUT2D eigenvalue weighted by Gasteiger charge is 2.32. The van der Waals surface area contributed by atoms with E-state index in [0.29, 0.717) is 5.56 Å². The summed E-state index contributed by atoms with van der Waals surface area (Å²) < 4.78 is 32.8. The van der Waals surface area contributed by atoms with Crippen LogP contribution in [0.3, 0.4) is 0 Å². The van der Waals surface area contributed by atoms with Crippen LogP contribution in [0.2, 0.25) is 0 Å². The zero-order chi connectivity index (χ0) is 25.6. The maximum atomic E-state index is 13.1. The lowest BCUT2D eigenvalue weighted by Crippen LogP contribution is -2.51. The zero-order valence-electron chi connectivity index (χ0n) is 19.6. The van der Waals surface area contributed by atoms with Crippen molar-refractivity contribution in [1.82, 2.24) is 14.5 Å². The molecule has 1 heterocycles. The number of aliphatic carboxylic acids is 1. The molecule has 2 N–H and O–H groups in total. The first-order chi connectivity index (χ1) is 16.6. The van der Waals surface area contributed by atoms with Gasteiger partial charge in [0.15, 0.2) is 0 Å². The van der Waals surface area contributed by atoms with Crippen molar-refractivity contribution >= 4 is 27.8 Å². The van der Waals surface area contributed by atoms with Crippen molar-refractivity contribution in [1.29, 1.82) is 0 Å². The fraction of sp³-hybridized carbons (Fsp3) is 0.375. The number of carbonyl (C=O) groups is 3. The summed E-state index contributed by atoms with van der Waals surface area (Å²) in [5.74, 6) is -1.80. The summed E-state index contributed by atoms with van der Waals surface area (Å²) >= 11 is 0. The molecular weight excluding hydrogens is 474 g/mol. The quantitative estimate of drug-likeness (QED) is 0.530. The second-order valence-corrected chi connectivity index (χ2v) is 10.1. The van der Waals surface area contributed by atoms with Crippen molar-refractivity contribution in [3.8, 4) is 5.75 Å². The van der Waals surface area contributed by atoms with Gasteiger partial charge in [0.05, 0.1) is 7.11 Å². The Bertz CT molecular complexity index is 1180. The summed E-state index contributed by atoms with van der Waals surface area (Å²) in [4.78, 5) is 38.2. The molecule has 1 aliphatic heterocycles. The normalized spacial score (nSPS) is 15.3. The minimum atomic E-state index is -3.81. The molecular formula is C24H29N3O7S. The molecule has 1 aliphatic rings. The SMILES string of the molecule is COc1ccc(C)cc1S(=O)(=O)N1CCN(C(=O)CC[C@H](NC(=O)c2ccccc2)C(=O)O)CC1. The number of methoxy groups -OCH3 is 1. The summed E-state index contributed by atoms with van der Waals surface area (Å²) in [6.45, 7) is 2.37. The van der Waals surface area contributed by atoms with E-state index in [0.717, 1.165) is 5.56 Å². The number of amides is 2. The third-order valence-corrected chi connectivity index (χ3v) is 7.73. The van der Waals surface area contributed by atoms with Gasteiger partial charge in [-0.15, -0.1) is 0 Å². The van der Waals surface area contributed by atoms with E-state index in [4.69, 9.17) is 4.74 Å². The Morgan fingerprint density at radius 2 is 1.71 bits per heavy atom. The Labute approximate surface area is 204 Å². The van der Waals surface area contributed by atoms with Gasteiger partial charge in [0.25, 0.3) is 5.91 Å². The number of rotatable bonds is 9. The van der Waals surface area contributed by atoms with Gasteiger partial charge in [-0.1, -0.05) is 24.3 Å². The molecule has 0 spiro atoms. The average Bonchev–Trinajstić information content (AvgIpc) is 2.86. The summed E-state index contributed by atoms with van der Waals surface area (Å²) in [5, 5.41) is 11.9. The standard InChI is InChI=1S/C24H29N3O7S/c1-17-8-10-20(34-2)21(16-17)35(32,33)27-14-12-26(13-15-27)22(28)11-9-19(24(30)31)25-23(29)18-6-4-3-5-7-18/h3-8,10,16,19H,9,11-15H2,1-2H3,(H,25,29)(H,30,31)/t19-/m0/s1. The molecule has 2 amide bonds. The number of sulfonamides is 1. The molecule has 1 atom stereocenters.